The van der Waals surface area contributed by atoms with Gasteiger partial charge >= 0.3 is 0 Å². The zero-order chi connectivity index (χ0) is 12.0. The van der Waals surface area contributed by atoms with E-state index in [2.05, 4.69) is 40.3 Å². The van der Waals surface area contributed by atoms with Crippen LogP contribution in [0, 0.1) is 24.2 Å². The molecule has 0 unspecified atom stereocenters. The van der Waals surface area contributed by atoms with Gasteiger partial charge < -0.3 is 4.43 Å². The minimum Gasteiger partial charge on any atom is -0.417 e. The molecule has 0 aromatic rings. The Morgan fingerprint density at radius 1 is 1.25 bits per heavy atom. The first-order valence-corrected chi connectivity index (χ1v) is 9.69. The maximum absolute atomic E-state index is 6.34. The van der Waals surface area contributed by atoms with Crippen molar-refractivity contribution in [1.82, 2.24) is 0 Å². The summed E-state index contributed by atoms with van der Waals surface area (Å²) in [4.78, 5) is 0. The molecular formula is C14H27OSi. The molecule has 3 atom stereocenters. The highest BCUT2D eigenvalue weighted by atomic mass is 28.4. The van der Waals surface area contributed by atoms with E-state index in [-0.39, 0.29) is 0 Å². The molecule has 0 aliphatic heterocycles. The average molecular weight is 239 g/mol. The molecule has 2 aliphatic carbocycles. The smallest absolute Gasteiger partial charge is 0.191 e. The van der Waals surface area contributed by atoms with Gasteiger partial charge in [0.2, 0.25) is 0 Å². The highest BCUT2D eigenvalue weighted by Crippen LogP contribution is 2.48. The Balaban J connectivity index is 1.84. The number of hydrogen-bond donors (Lipinski definition) is 0. The van der Waals surface area contributed by atoms with Gasteiger partial charge in [0.05, 0.1) is 0 Å². The van der Waals surface area contributed by atoms with Crippen molar-refractivity contribution >= 4 is 8.32 Å². The molecule has 0 N–H and O–H groups in total. The quantitative estimate of drug-likeness (QED) is 0.669. The van der Waals surface area contributed by atoms with E-state index in [0.29, 0.717) is 5.04 Å². The zero-order valence-corrected chi connectivity index (χ0v) is 12.5. The summed E-state index contributed by atoms with van der Waals surface area (Å²) in [5, 5.41) is 0.352. The van der Waals surface area contributed by atoms with Crippen LogP contribution in [0.15, 0.2) is 0 Å². The van der Waals surface area contributed by atoms with Gasteiger partial charge in [-0.1, -0.05) is 20.8 Å². The fourth-order valence-electron chi connectivity index (χ4n) is 2.84. The Labute approximate surface area is 102 Å². The fourth-order valence-corrected chi connectivity index (χ4v) is 3.88. The molecular weight excluding hydrogens is 212 g/mol. The second-order valence-electron chi connectivity index (χ2n) is 7.26. The summed E-state index contributed by atoms with van der Waals surface area (Å²) >= 11 is 0. The summed E-state index contributed by atoms with van der Waals surface area (Å²) in [6.07, 6.45) is 6.93. The summed E-state index contributed by atoms with van der Waals surface area (Å²) in [7, 11) is -1.52. The Morgan fingerprint density at radius 2 is 1.94 bits per heavy atom. The van der Waals surface area contributed by atoms with Gasteiger partial charge in [-0.15, -0.1) is 0 Å². The third-order valence-electron chi connectivity index (χ3n) is 5.08. The number of rotatable bonds is 3. The molecule has 2 fully saturated rings. The van der Waals surface area contributed by atoms with E-state index in [1.807, 2.05) is 0 Å². The number of hydrogen-bond acceptors (Lipinski definition) is 1. The minimum atomic E-state index is -1.52. The summed E-state index contributed by atoms with van der Waals surface area (Å²) < 4.78 is 6.34. The predicted molar refractivity (Wildman–Crippen MR) is 71.8 cm³/mol. The van der Waals surface area contributed by atoms with Gasteiger partial charge in [0, 0.05) is 6.61 Å². The average Bonchev–Trinajstić information content (AvgIpc) is 2.73. The molecule has 0 saturated heterocycles. The van der Waals surface area contributed by atoms with Crippen LogP contribution >= 0.6 is 0 Å². The van der Waals surface area contributed by atoms with E-state index in [1.54, 1.807) is 0 Å². The van der Waals surface area contributed by atoms with Gasteiger partial charge in [0.25, 0.3) is 0 Å². The van der Waals surface area contributed by atoms with E-state index in [1.165, 1.54) is 19.3 Å². The van der Waals surface area contributed by atoms with Crippen LogP contribution in [0.2, 0.25) is 18.1 Å². The molecule has 2 bridgehead atoms. The largest absolute Gasteiger partial charge is 0.417 e. The maximum Gasteiger partial charge on any atom is 0.191 e. The Bertz CT molecular complexity index is 254. The van der Waals surface area contributed by atoms with Crippen molar-refractivity contribution in [2.24, 2.45) is 17.8 Å². The Hall–Kier alpha value is 0.177. The van der Waals surface area contributed by atoms with Gasteiger partial charge in [0.15, 0.2) is 8.32 Å². The minimum absolute atomic E-state index is 0.352. The molecule has 2 rings (SSSR count). The molecule has 0 heterocycles. The van der Waals surface area contributed by atoms with E-state index in [0.717, 1.165) is 24.4 Å². The van der Waals surface area contributed by atoms with Gasteiger partial charge in [-0.05, 0) is 61.6 Å². The molecule has 0 spiro atoms. The lowest BCUT2D eigenvalue weighted by atomic mass is 9.90. The molecule has 2 saturated carbocycles. The summed E-state index contributed by atoms with van der Waals surface area (Å²) in [5.74, 6) is 2.65. The van der Waals surface area contributed by atoms with Gasteiger partial charge in [-0.3, -0.25) is 0 Å². The summed E-state index contributed by atoms with van der Waals surface area (Å²) in [6.45, 7) is 12.7. The van der Waals surface area contributed by atoms with Crippen molar-refractivity contribution in [2.75, 3.05) is 6.61 Å². The second-order valence-corrected chi connectivity index (χ2v) is 12.1. The summed E-state index contributed by atoms with van der Waals surface area (Å²) in [6, 6.07) is 0. The molecule has 16 heavy (non-hydrogen) atoms. The third-order valence-corrected chi connectivity index (χ3v) is 9.58. The van der Waals surface area contributed by atoms with E-state index in [4.69, 9.17) is 4.43 Å². The highest BCUT2D eigenvalue weighted by Gasteiger charge is 2.42. The zero-order valence-electron chi connectivity index (χ0n) is 11.5. The maximum atomic E-state index is 6.34. The first-order chi connectivity index (χ1) is 7.29. The molecule has 1 radical (unpaired) electrons. The first kappa shape index (κ1) is 12.6. The highest BCUT2D eigenvalue weighted by molar-refractivity contribution is 6.74. The standard InChI is InChI=1S/C14H27OSi/c1-14(2,3)16(4,5)15-10-13-9-11-6-7-12(13)8-11/h9,11-13H,6-8,10H2,1-5H3/t11-,12+,13+/m0/s1. The Kier molecular flexibility index (Phi) is 3.26. The molecule has 2 heteroatoms. The topological polar surface area (TPSA) is 9.23 Å². The van der Waals surface area contributed by atoms with Crippen molar-refractivity contribution < 1.29 is 4.43 Å². The van der Waals surface area contributed by atoms with Crippen LogP contribution in [0.3, 0.4) is 0 Å². The van der Waals surface area contributed by atoms with E-state index >= 15 is 0 Å². The molecule has 2 aliphatic rings. The van der Waals surface area contributed by atoms with Crippen LogP contribution in [0.1, 0.15) is 40.0 Å². The monoisotopic (exact) mass is 239 g/mol. The van der Waals surface area contributed by atoms with Crippen LogP contribution in [0.25, 0.3) is 0 Å². The molecule has 0 aromatic carbocycles. The van der Waals surface area contributed by atoms with Crippen LogP contribution in [0.4, 0.5) is 0 Å². The lowest BCUT2D eigenvalue weighted by molar-refractivity contribution is 0.208. The van der Waals surface area contributed by atoms with Crippen molar-refractivity contribution in [3.05, 3.63) is 6.42 Å². The van der Waals surface area contributed by atoms with Crippen LogP contribution < -0.4 is 0 Å². The number of fused-ring (bicyclic) bond motifs is 2. The third kappa shape index (κ3) is 2.38. The van der Waals surface area contributed by atoms with Crippen molar-refractivity contribution in [2.45, 2.75) is 58.2 Å². The molecule has 93 valence electrons. The van der Waals surface area contributed by atoms with Crippen LogP contribution in [-0.4, -0.2) is 14.9 Å². The SMILES string of the molecule is CC(C)(C)[Si](C)(C)OC[C@H]1[CH][C@H]2CC[C@@H]1C2. The molecule has 1 nitrogen and oxygen atoms in total. The van der Waals surface area contributed by atoms with Crippen molar-refractivity contribution in [1.29, 1.82) is 0 Å². The van der Waals surface area contributed by atoms with E-state index in [9.17, 15) is 0 Å². The van der Waals surface area contributed by atoms with Crippen LogP contribution in [-0.2, 0) is 4.43 Å². The first-order valence-electron chi connectivity index (χ1n) is 6.78. The predicted octanol–water partition coefficient (Wildman–Crippen LogP) is 4.26. The van der Waals surface area contributed by atoms with Gasteiger partial charge in [-0.25, -0.2) is 0 Å². The normalized spacial score (nSPS) is 34.7. The Morgan fingerprint density at radius 3 is 2.38 bits per heavy atom. The van der Waals surface area contributed by atoms with Crippen LogP contribution in [0.5, 0.6) is 0 Å². The summed E-state index contributed by atoms with van der Waals surface area (Å²) in [5.41, 5.74) is 0. The van der Waals surface area contributed by atoms with Crippen molar-refractivity contribution in [3.8, 4) is 0 Å². The molecule has 0 aromatic heterocycles. The van der Waals surface area contributed by atoms with Gasteiger partial charge in [0.1, 0.15) is 0 Å². The molecule has 0 amide bonds. The fraction of sp³-hybridized carbons (Fsp3) is 0.929. The van der Waals surface area contributed by atoms with E-state index < -0.39 is 8.32 Å². The second kappa shape index (κ2) is 4.13. The van der Waals surface area contributed by atoms with Gasteiger partial charge in [-0.2, -0.15) is 0 Å². The lowest BCUT2D eigenvalue weighted by Gasteiger charge is -2.37. The van der Waals surface area contributed by atoms with Crippen molar-refractivity contribution in [3.63, 3.8) is 0 Å². The lowest BCUT2D eigenvalue weighted by Crippen LogP contribution is -2.42.